The standard InChI is InChI=1S/C22H29N3/c1-18(2)22-10-8-20(9-11-22)16-23-25-14-12-24(13-15-25)17-21-6-4-19(3)5-7-21/h4-11,16,18H,12-15,17H2,1-3H3/p+1/b23-16-. The van der Waals surface area contributed by atoms with Crippen LogP contribution in [0.2, 0.25) is 0 Å². The van der Waals surface area contributed by atoms with Crippen LogP contribution in [0.5, 0.6) is 0 Å². The van der Waals surface area contributed by atoms with Crippen molar-refractivity contribution in [3.05, 3.63) is 70.8 Å². The Kier molecular flexibility index (Phi) is 5.87. The third-order valence-electron chi connectivity index (χ3n) is 4.99. The van der Waals surface area contributed by atoms with Crippen LogP contribution in [0.3, 0.4) is 0 Å². The lowest BCUT2D eigenvalue weighted by atomic mass is 10.0. The summed E-state index contributed by atoms with van der Waals surface area (Å²) in [6.45, 7) is 12.1. The second-order valence-electron chi connectivity index (χ2n) is 7.43. The molecule has 0 spiro atoms. The van der Waals surface area contributed by atoms with Gasteiger partial charge in [-0.05, 0) is 24.0 Å². The van der Waals surface area contributed by atoms with Crippen molar-refractivity contribution in [1.29, 1.82) is 0 Å². The summed E-state index contributed by atoms with van der Waals surface area (Å²) in [4.78, 5) is 1.65. The molecule has 2 aromatic rings. The van der Waals surface area contributed by atoms with Gasteiger partial charge in [0.05, 0.1) is 32.4 Å². The number of aryl methyl sites for hydroxylation is 1. The molecule has 1 aliphatic heterocycles. The summed E-state index contributed by atoms with van der Waals surface area (Å²) < 4.78 is 0. The first-order valence-electron chi connectivity index (χ1n) is 9.38. The Morgan fingerprint density at radius 3 is 2.24 bits per heavy atom. The molecule has 25 heavy (non-hydrogen) atoms. The van der Waals surface area contributed by atoms with Crippen LogP contribution in [0, 0.1) is 6.92 Å². The van der Waals surface area contributed by atoms with Gasteiger partial charge in [-0.25, -0.2) is 0 Å². The summed E-state index contributed by atoms with van der Waals surface area (Å²) in [6, 6.07) is 17.7. The Hall–Kier alpha value is -2.13. The number of rotatable bonds is 5. The maximum absolute atomic E-state index is 4.68. The molecule has 2 aromatic carbocycles. The summed E-state index contributed by atoms with van der Waals surface area (Å²) >= 11 is 0. The first-order valence-corrected chi connectivity index (χ1v) is 9.38. The summed E-state index contributed by atoms with van der Waals surface area (Å²) in [6.07, 6.45) is 2.00. The van der Waals surface area contributed by atoms with Gasteiger partial charge in [0, 0.05) is 5.56 Å². The van der Waals surface area contributed by atoms with Crippen molar-refractivity contribution in [1.82, 2.24) is 5.01 Å². The van der Waals surface area contributed by atoms with Gasteiger partial charge in [0.15, 0.2) is 0 Å². The Labute approximate surface area is 152 Å². The van der Waals surface area contributed by atoms with E-state index >= 15 is 0 Å². The second kappa shape index (κ2) is 8.30. The Bertz CT molecular complexity index is 678. The number of hydrazone groups is 1. The number of nitrogens with one attached hydrogen (secondary N) is 1. The van der Waals surface area contributed by atoms with E-state index in [4.69, 9.17) is 0 Å². The van der Waals surface area contributed by atoms with E-state index < -0.39 is 0 Å². The average Bonchev–Trinajstić information content (AvgIpc) is 2.63. The minimum absolute atomic E-state index is 0.579. The lowest BCUT2D eigenvalue weighted by Gasteiger charge is -2.30. The molecule has 1 saturated heterocycles. The Morgan fingerprint density at radius 2 is 1.64 bits per heavy atom. The van der Waals surface area contributed by atoms with Crippen LogP contribution in [-0.4, -0.2) is 37.4 Å². The Morgan fingerprint density at radius 1 is 1.00 bits per heavy atom. The van der Waals surface area contributed by atoms with E-state index in [-0.39, 0.29) is 0 Å². The van der Waals surface area contributed by atoms with Crippen LogP contribution >= 0.6 is 0 Å². The molecule has 0 radical (unpaired) electrons. The van der Waals surface area contributed by atoms with Gasteiger partial charge in [0.2, 0.25) is 0 Å². The van der Waals surface area contributed by atoms with E-state index in [2.05, 4.69) is 79.4 Å². The van der Waals surface area contributed by atoms with Crippen LogP contribution in [0.1, 0.15) is 42.0 Å². The SMILES string of the molecule is Cc1ccc(C[NH+]2CCN(/N=C\c3ccc(C(C)C)cc3)CC2)cc1. The number of nitrogens with zero attached hydrogens (tertiary/aromatic N) is 2. The van der Waals surface area contributed by atoms with Crippen LogP contribution in [0.4, 0.5) is 0 Å². The molecular weight excluding hydrogens is 306 g/mol. The maximum Gasteiger partial charge on any atom is 0.103 e. The van der Waals surface area contributed by atoms with E-state index in [1.165, 1.54) is 22.3 Å². The van der Waals surface area contributed by atoms with Crippen molar-refractivity contribution >= 4 is 6.21 Å². The molecule has 0 aliphatic carbocycles. The van der Waals surface area contributed by atoms with Gasteiger partial charge >= 0.3 is 0 Å². The average molecular weight is 337 g/mol. The van der Waals surface area contributed by atoms with Gasteiger partial charge < -0.3 is 4.90 Å². The van der Waals surface area contributed by atoms with Crippen molar-refractivity contribution in [2.75, 3.05) is 26.2 Å². The molecule has 0 amide bonds. The van der Waals surface area contributed by atoms with Gasteiger partial charge in [-0.1, -0.05) is 67.9 Å². The van der Waals surface area contributed by atoms with E-state index in [1.54, 1.807) is 4.90 Å². The summed E-state index contributed by atoms with van der Waals surface area (Å²) in [5, 5.41) is 6.88. The lowest BCUT2D eigenvalue weighted by molar-refractivity contribution is -0.918. The van der Waals surface area contributed by atoms with E-state index in [0.29, 0.717) is 5.92 Å². The minimum atomic E-state index is 0.579. The second-order valence-corrected chi connectivity index (χ2v) is 7.43. The summed E-state index contributed by atoms with van der Waals surface area (Å²) in [5.41, 5.74) is 5.33. The minimum Gasteiger partial charge on any atom is -0.328 e. The molecular formula is C22H30N3+. The highest BCUT2D eigenvalue weighted by Crippen LogP contribution is 2.14. The molecule has 3 rings (SSSR count). The van der Waals surface area contributed by atoms with Crippen molar-refractivity contribution < 1.29 is 4.90 Å². The van der Waals surface area contributed by atoms with Gasteiger partial charge in [-0.3, -0.25) is 5.01 Å². The smallest absolute Gasteiger partial charge is 0.103 e. The van der Waals surface area contributed by atoms with Gasteiger partial charge in [0.25, 0.3) is 0 Å². The van der Waals surface area contributed by atoms with Crippen LogP contribution in [0.15, 0.2) is 53.6 Å². The predicted molar refractivity (Wildman–Crippen MR) is 105 cm³/mol. The van der Waals surface area contributed by atoms with Crippen molar-refractivity contribution in [2.24, 2.45) is 5.10 Å². The van der Waals surface area contributed by atoms with Crippen LogP contribution in [0.25, 0.3) is 0 Å². The molecule has 1 N–H and O–H groups in total. The molecule has 0 saturated carbocycles. The zero-order valence-corrected chi connectivity index (χ0v) is 15.7. The third kappa shape index (κ3) is 5.17. The van der Waals surface area contributed by atoms with Crippen LogP contribution in [-0.2, 0) is 6.54 Å². The molecule has 1 fully saturated rings. The van der Waals surface area contributed by atoms with Gasteiger partial charge in [-0.15, -0.1) is 0 Å². The number of hydrogen-bond donors (Lipinski definition) is 1. The highest BCUT2D eigenvalue weighted by atomic mass is 15.5. The van der Waals surface area contributed by atoms with E-state index in [1.807, 2.05) is 6.21 Å². The highest BCUT2D eigenvalue weighted by Gasteiger charge is 2.18. The highest BCUT2D eigenvalue weighted by molar-refractivity contribution is 5.79. The fraction of sp³-hybridized carbons (Fsp3) is 0.409. The number of piperazine rings is 1. The molecule has 132 valence electrons. The normalized spacial score (nSPS) is 16.1. The van der Waals surface area contributed by atoms with Gasteiger partial charge in [-0.2, -0.15) is 5.10 Å². The molecule has 0 bridgehead atoms. The molecule has 1 heterocycles. The number of hydrogen-bond acceptors (Lipinski definition) is 2. The van der Waals surface area contributed by atoms with Gasteiger partial charge in [0.1, 0.15) is 6.54 Å². The zero-order chi connectivity index (χ0) is 17.6. The third-order valence-corrected chi connectivity index (χ3v) is 4.99. The topological polar surface area (TPSA) is 20.0 Å². The summed E-state index contributed by atoms with van der Waals surface area (Å²) in [5.74, 6) is 0.579. The summed E-state index contributed by atoms with van der Waals surface area (Å²) in [7, 11) is 0. The first kappa shape index (κ1) is 17.7. The van der Waals surface area contributed by atoms with Crippen LogP contribution < -0.4 is 4.90 Å². The molecule has 0 aromatic heterocycles. The number of benzene rings is 2. The van der Waals surface area contributed by atoms with Crippen molar-refractivity contribution in [3.8, 4) is 0 Å². The first-order chi connectivity index (χ1) is 12.1. The molecule has 0 unspecified atom stereocenters. The van der Waals surface area contributed by atoms with Crippen molar-refractivity contribution in [2.45, 2.75) is 33.2 Å². The molecule has 0 atom stereocenters. The molecule has 3 nitrogen and oxygen atoms in total. The van der Waals surface area contributed by atoms with E-state index in [0.717, 1.165) is 32.7 Å². The maximum atomic E-state index is 4.68. The molecule has 3 heteroatoms. The fourth-order valence-corrected chi connectivity index (χ4v) is 3.21. The van der Waals surface area contributed by atoms with E-state index in [9.17, 15) is 0 Å². The van der Waals surface area contributed by atoms with Crippen molar-refractivity contribution in [3.63, 3.8) is 0 Å². The lowest BCUT2D eigenvalue weighted by Crippen LogP contribution is -3.13. The Balaban J connectivity index is 1.47. The predicted octanol–water partition coefficient (Wildman–Crippen LogP) is 2.85. The number of quaternary nitrogens is 1. The quantitative estimate of drug-likeness (QED) is 0.833. The largest absolute Gasteiger partial charge is 0.328 e. The monoisotopic (exact) mass is 336 g/mol. The molecule has 1 aliphatic rings. The zero-order valence-electron chi connectivity index (χ0n) is 15.7. The fourth-order valence-electron chi connectivity index (χ4n) is 3.21.